The number of carbonyl (C=O) groups excluding carboxylic acids is 1. The molecule has 1 aliphatic heterocycles. The van der Waals surface area contributed by atoms with Gasteiger partial charge in [0.2, 0.25) is 5.91 Å². The molecule has 1 heterocycles. The molecular weight excluding hydrogens is 254 g/mol. The van der Waals surface area contributed by atoms with Crippen molar-refractivity contribution in [2.75, 3.05) is 11.9 Å². The van der Waals surface area contributed by atoms with Gasteiger partial charge in [0.15, 0.2) is 0 Å². The highest BCUT2D eigenvalue weighted by atomic mass is 16.6. The second-order valence-electron chi connectivity index (χ2n) is 4.14. The van der Waals surface area contributed by atoms with Gasteiger partial charge in [0.25, 0.3) is 5.69 Å². The molecule has 2 rings (SSSR count). The monoisotopic (exact) mass is 265 g/mol. The van der Waals surface area contributed by atoms with Crippen molar-refractivity contribution in [3.8, 4) is 0 Å². The molecule has 0 radical (unpaired) electrons. The Labute approximate surface area is 107 Å². The first-order valence-corrected chi connectivity index (χ1v) is 5.52. The Hall–Kier alpha value is -2.64. The Morgan fingerprint density at radius 3 is 2.79 bits per heavy atom. The zero-order valence-electron chi connectivity index (χ0n) is 9.75. The van der Waals surface area contributed by atoms with Crippen molar-refractivity contribution >= 4 is 23.3 Å². The van der Waals surface area contributed by atoms with E-state index in [9.17, 15) is 19.7 Å². The molecule has 8 nitrogen and oxygen atoms in total. The Bertz CT molecular complexity index is 557. The van der Waals surface area contributed by atoms with Crippen LogP contribution in [0.1, 0.15) is 16.8 Å². The van der Waals surface area contributed by atoms with E-state index < -0.39 is 10.9 Å². The minimum Gasteiger partial charge on any atom is -0.478 e. The number of aromatic carboxylic acids is 1. The molecule has 8 heteroatoms. The molecule has 1 aromatic carbocycles. The number of nitro benzene ring substituents is 1. The summed E-state index contributed by atoms with van der Waals surface area (Å²) in [6.45, 7) is 0.398. The molecule has 1 aliphatic rings. The molecule has 0 aromatic heterocycles. The molecule has 0 bridgehead atoms. The number of carbonyl (C=O) groups is 2. The van der Waals surface area contributed by atoms with E-state index in [1.807, 2.05) is 0 Å². The number of nitro groups is 1. The third-order valence-electron chi connectivity index (χ3n) is 2.78. The molecule has 3 N–H and O–H groups in total. The standard InChI is InChI=1S/C11H11N3O5/c15-10-3-6(5-12-10)13-9-2-1-7(14(18)19)4-8(9)11(16)17/h1-2,4,6,13H,3,5H2,(H,12,15)(H,16,17). The van der Waals surface area contributed by atoms with Gasteiger partial charge in [-0.25, -0.2) is 4.79 Å². The summed E-state index contributed by atoms with van der Waals surface area (Å²) < 4.78 is 0. The SMILES string of the molecule is O=C1CC(Nc2ccc([N+](=O)[O-])cc2C(=O)O)CN1. The number of amides is 1. The molecule has 0 aliphatic carbocycles. The van der Waals surface area contributed by atoms with Crippen molar-refractivity contribution in [3.63, 3.8) is 0 Å². The maximum Gasteiger partial charge on any atom is 0.338 e. The summed E-state index contributed by atoms with van der Waals surface area (Å²) in [7, 11) is 0. The van der Waals surface area contributed by atoms with Crippen molar-refractivity contribution in [2.24, 2.45) is 0 Å². The van der Waals surface area contributed by atoms with E-state index >= 15 is 0 Å². The van der Waals surface area contributed by atoms with Crippen LogP contribution in [0.15, 0.2) is 18.2 Å². The highest BCUT2D eigenvalue weighted by molar-refractivity contribution is 5.95. The fourth-order valence-corrected chi connectivity index (χ4v) is 1.88. The van der Waals surface area contributed by atoms with Crippen LogP contribution < -0.4 is 10.6 Å². The van der Waals surface area contributed by atoms with Gasteiger partial charge < -0.3 is 15.7 Å². The van der Waals surface area contributed by atoms with Gasteiger partial charge in [-0.1, -0.05) is 0 Å². The van der Waals surface area contributed by atoms with Gasteiger partial charge in [-0.3, -0.25) is 14.9 Å². The fourth-order valence-electron chi connectivity index (χ4n) is 1.88. The van der Waals surface area contributed by atoms with Crippen LogP contribution in [-0.2, 0) is 4.79 Å². The van der Waals surface area contributed by atoms with Gasteiger partial charge in [-0.2, -0.15) is 0 Å². The molecule has 1 saturated heterocycles. The first kappa shape index (κ1) is 12.8. The van der Waals surface area contributed by atoms with Crippen LogP contribution in [0.25, 0.3) is 0 Å². The molecule has 1 amide bonds. The lowest BCUT2D eigenvalue weighted by molar-refractivity contribution is -0.384. The molecule has 100 valence electrons. The quantitative estimate of drug-likeness (QED) is 0.541. The molecule has 19 heavy (non-hydrogen) atoms. The minimum absolute atomic E-state index is 0.115. The molecule has 1 aromatic rings. The van der Waals surface area contributed by atoms with Gasteiger partial charge >= 0.3 is 5.97 Å². The zero-order chi connectivity index (χ0) is 14.0. The van der Waals surface area contributed by atoms with Crippen molar-refractivity contribution in [1.29, 1.82) is 0 Å². The summed E-state index contributed by atoms with van der Waals surface area (Å²) >= 11 is 0. The Balaban J connectivity index is 2.26. The van der Waals surface area contributed by atoms with Gasteiger partial charge in [-0.05, 0) is 6.07 Å². The summed E-state index contributed by atoms with van der Waals surface area (Å²) in [6, 6.07) is 3.34. The van der Waals surface area contributed by atoms with Crippen LogP contribution in [0.2, 0.25) is 0 Å². The first-order valence-electron chi connectivity index (χ1n) is 5.52. The van der Waals surface area contributed by atoms with Crippen molar-refractivity contribution in [2.45, 2.75) is 12.5 Å². The van der Waals surface area contributed by atoms with Gasteiger partial charge in [0.1, 0.15) is 0 Å². The molecule has 1 atom stereocenters. The number of hydrogen-bond donors (Lipinski definition) is 3. The normalized spacial score (nSPS) is 17.9. The number of nitrogens with zero attached hydrogens (tertiary/aromatic N) is 1. The average Bonchev–Trinajstić information content (AvgIpc) is 2.74. The average molecular weight is 265 g/mol. The highest BCUT2D eigenvalue weighted by Gasteiger charge is 2.23. The van der Waals surface area contributed by atoms with E-state index in [0.717, 1.165) is 6.07 Å². The number of non-ortho nitro benzene ring substituents is 1. The molecule has 0 saturated carbocycles. The molecular formula is C11H11N3O5. The number of rotatable bonds is 4. The van der Waals surface area contributed by atoms with Crippen LogP contribution in [-0.4, -0.2) is 34.5 Å². The van der Waals surface area contributed by atoms with E-state index in [4.69, 9.17) is 5.11 Å². The van der Waals surface area contributed by atoms with E-state index in [2.05, 4.69) is 10.6 Å². The maximum absolute atomic E-state index is 11.1. The lowest BCUT2D eigenvalue weighted by Gasteiger charge is -2.14. The highest BCUT2D eigenvalue weighted by Crippen LogP contribution is 2.23. The summed E-state index contributed by atoms with van der Waals surface area (Å²) in [6.07, 6.45) is 0.246. The van der Waals surface area contributed by atoms with E-state index in [1.54, 1.807) is 0 Å². The number of carboxylic acid groups (broad SMARTS) is 1. The largest absolute Gasteiger partial charge is 0.478 e. The molecule has 1 unspecified atom stereocenters. The minimum atomic E-state index is -1.26. The van der Waals surface area contributed by atoms with E-state index in [-0.39, 0.29) is 35.3 Å². The predicted molar refractivity (Wildman–Crippen MR) is 65.1 cm³/mol. The second kappa shape index (κ2) is 4.92. The number of benzene rings is 1. The molecule has 1 fully saturated rings. The zero-order valence-corrected chi connectivity index (χ0v) is 9.75. The number of carboxylic acids is 1. The topological polar surface area (TPSA) is 122 Å². The smallest absolute Gasteiger partial charge is 0.338 e. The lowest BCUT2D eigenvalue weighted by Crippen LogP contribution is -2.23. The van der Waals surface area contributed by atoms with Crippen molar-refractivity contribution < 1.29 is 19.6 Å². The van der Waals surface area contributed by atoms with Crippen molar-refractivity contribution in [3.05, 3.63) is 33.9 Å². The predicted octanol–water partition coefficient (Wildman–Crippen LogP) is 0.593. The van der Waals surface area contributed by atoms with Crippen molar-refractivity contribution in [1.82, 2.24) is 5.32 Å². The number of anilines is 1. The lowest BCUT2D eigenvalue weighted by atomic mass is 10.1. The van der Waals surface area contributed by atoms with Gasteiger partial charge in [0.05, 0.1) is 16.5 Å². The summed E-state index contributed by atoms with van der Waals surface area (Å²) in [4.78, 5) is 32.1. The van der Waals surface area contributed by atoms with E-state index in [1.165, 1.54) is 12.1 Å². The number of hydrogen-bond acceptors (Lipinski definition) is 5. The van der Waals surface area contributed by atoms with Gasteiger partial charge in [0, 0.05) is 30.8 Å². The first-order chi connectivity index (χ1) is 8.97. The maximum atomic E-state index is 11.1. The van der Waals surface area contributed by atoms with E-state index in [0.29, 0.717) is 6.54 Å². The van der Waals surface area contributed by atoms with Crippen LogP contribution in [0.4, 0.5) is 11.4 Å². The van der Waals surface area contributed by atoms with Crippen LogP contribution in [0.5, 0.6) is 0 Å². The fraction of sp³-hybridized carbons (Fsp3) is 0.273. The second-order valence-corrected chi connectivity index (χ2v) is 4.14. The summed E-state index contributed by atoms with van der Waals surface area (Å²) in [5, 5.41) is 25.2. The van der Waals surface area contributed by atoms with Crippen LogP contribution in [0.3, 0.4) is 0 Å². The summed E-state index contributed by atoms with van der Waals surface area (Å²) in [5.74, 6) is -1.38. The Morgan fingerprint density at radius 1 is 1.53 bits per heavy atom. The third kappa shape index (κ3) is 2.79. The molecule has 0 spiro atoms. The number of nitrogens with one attached hydrogen (secondary N) is 2. The Kier molecular flexibility index (Phi) is 3.32. The van der Waals surface area contributed by atoms with Crippen LogP contribution in [0, 0.1) is 10.1 Å². The van der Waals surface area contributed by atoms with Crippen LogP contribution >= 0.6 is 0 Å². The Morgan fingerprint density at radius 2 is 2.26 bits per heavy atom. The van der Waals surface area contributed by atoms with Gasteiger partial charge in [-0.15, -0.1) is 0 Å². The summed E-state index contributed by atoms with van der Waals surface area (Å²) in [5.41, 5.74) is -0.211. The third-order valence-corrected chi connectivity index (χ3v) is 2.78.